The molecule has 1 aromatic carbocycles. The van der Waals surface area contributed by atoms with Crippen LogP contribution in [0.5, 0.6) is 0 Å². The normalized spacial score (nSPS) is 21.2. The van der Waals surface area contributed by atoms with Crippen LogP contribution in [0.15, 0.2) is 47.4 Å². The largest absolute Gasteiger partial charge is 0.364 e. The average Bonchev–Trinajstić information content (AvgIpc) is 2.67. The van der Waals surface area contributed by atoms with Crippen molar-refractivity contribution >= 4 is 28.4 Å². The molecule has 29 heavy (non-hydrogen) atoms. The number of aromatic amines is 1. The quantitative estimate of drug-likeness (QED) is 0.663. The second kappa shape index (κ2) is 7.22. The Bertz CT molecular complexity index is 1160. The number of carbonyl (C=O) groups excluding carboxylic acids is 1. The number of nitrogens with one attached hydrogen (secondary N) is 1. The number of primary amides is 1. The zero-order valence-electron chi connectivity index (χ0n) is 15.3. The molecule has 2 atom stereocenters. The minimum Gasteiger partial charge on any atom is -0.364 e. The third kappa shape index (κ3) is 3.62. The predicted molar refractivity (Wildman–Crippen MR) is 107 cm³/mol. The van der Waals surface area contributed by atoms with E-state index in [-0.39, 0.29) is 29.8 Å². The third-order valence-electron chi connectivity index (χ3n) is 5.53. The summed E-state index contributed by atoms with van der Waals surface area (Å²) < 4.78 is 28.6. The number of hydrogen-bond acceptors (Lipinski definition) is 3. The fraction of sp³-hybridized carbons (Fsp3) is 0.286. The number of halogens is 3. The standard InChI is InChI=1S/C21H18ClF2N3O2/c22-14-4-2-1-3-12(14)11-5-7-21(23,24)10-13(11)16-9-17(28)18-15(27-16)6-8-26-19(18)20(25)29/h1-4,6,8-9,11,13H,5,7,10H2,(H2,25,29)(H,27,28)/t11?,13-/m0/s1. The number of nitrogens with zero attached hydrogens (tertiary/aromatic N) is 1. The van der Waals surface area contributed by atoms with Gasteiger partial charge in [0.15, 0.2) is 5.43 Å². The highest BCUT2D eigenvalue weighted by Crippen LogP contribution is 2.50. The molecule has 0 bridgehead atoms. The molecule has 150 valence electrons. The lowest BCUT2D eigenvalue weighted by atomic mass is 9.72. The molecule has 1 amide bonds. The molecule has 0 saturated heterocycles. The van der Waals surface area contributed by atoms with Crippen LogP contribution in [-0.2, 0) is 0 Å². The molecular weight excluding hydrogens is 400 g/mol. The van der Waals surface area contributed by atoms with Crippen LogP contribution in [0.25, 0.3) is 10.9 Å². The van der Waals surface area contributed by atoms with E-state index in [1.807, 2.05) is 12.1 Å². The van der Waals surface area contributed by atoms with Crippen molar-refractivity contribution in [3.05, 3.63) is 74.8 Å². The first kappa shape index (κ1) is 19.5. The number of carbonyl (C=O) groups is 1. The lowest BCUT2D eigenvalue weighted by molar-refractivity contribution is -0.0464. The first-order valence-electron chi connectivity index (χ1n) is 9.21. The summed E-state index contributed by atoms with van der Waals surface area (Å²) in [6.45, 7) is 0. The Balaban J connectivity index is 1.87. The van der Waals surface area contributed by atoms with Crippen LogP contribution in [0.4, 0.5) is 8.78 Å². The number of pyridine rings is 2. The van der Waals surface area contributed by atoms with Gasteiger partial charge in [-0.1, -0.05) is 29.8 Å². The van der Waals surface area contributed by atoms with Gasteiger partial charge in [-0.05, 0) is 30.0 Å². The number of alkyl halides is 2. The van der Waals surface area contributed by atoms with E-state index in [0.29, 0.717) is 16.2 Å². The zero-order chi connectivity index (χ0) is 20.8. The highest BCUT2D eigenvalue weighted by Gasteiger charge is 2.43. The van der Waals surface area contributed by atoms with Crippen molar-refractivity contribution in [2.45, 2.75) is 37.0 Å². The first-order valence-corrected chi connectivity index (χ1v) is 9.58. The average molecular weight is 418 g/mol. The van der Waals surface area contributed by atoms with Gasteiger partial charge in [-0.2, -0.15) is 0 Å². The van der Waals surface area contributed by atoms with Crippen molar-refractivity contribution in [3.8, 4) is 0 Å². The van der Waals surface area contributed by atoms with Crippen LogP contribution in [-0.4, -0.2) is 21.8 Å². The Morgan fingerprint density at radius 3 is 2.72 bits per heavy atom. The van der Waals surface area contributed by atoms with Crippen LogP contribution in [0.2, 0.25) is 5.02 Å². The number of nitrogens with two attached hydrogens (primary N) is 1. The van der Waals surface area contributed by atoms with Gasteiger partial charge >= 0.3 is 0 Å². The molecular formula is C21H18ClF2N3O2. The van der Waals surface area contributed by atoms with Gasteiger partial charge in [0.1, 0.15) is 5.69 Å². The maximum Gasteiger partial charge on any atom is 0.268 e. The van der Waals surface area contributed by atoms with E-state index in [1.54, 1.807) is 12.1 Å². The Kier molecular flexibility index (Phi) is 4.86. The van der Waals surface area contributed by atoms with E-state index in [1.165, 1.54) is 18.3 Å². The number of fused-ring (bicyclic) bond motifs is 1. The van der Waals surface area contributed by atoms with Gasteiger partial charge in [0.2, 0.25) is 5.92 Å². The predicted octanol–water partition coefficient (Wildman–Crippen LogP) is 4.36. The molecule has 4 rings (SSSR count). The molecule has 5 nitrogen and oxygen atoms in total. The van der Waals surface area contributed by atoms with E-state index >= 15 is 0 Å². The second-order valence-electron chi connectivity index (χ2n) is 7.37. The summed E-state index contributed by atoms with van der Waals surface area (Å²) in [5.74, 6) is -4.58. The van der Waals surface area contributed by atoms with Gasteiger partial charge < -0.3 is 10.7 Å². The molecule has 1 aliphatic rings. The van der Waals surface area contributed by atoms with E-state index < -0.39 is 29.6 Å². The Morgan fingerprint density at radius 2 is 2.00 bits per heavy atom. The number of amides is 1. The molecule has 1 fully saturated rings. The molecule has 1 saturated carbocycles. The van der Waals surface area contributed by atoms with Crippen molar-refractivity contribution in [3.63, 3.8) is 0 Å². The third-order valence-corrected chi connectivity index (χ3v) is 5.87. The summed E-state index contributed by atoms with van der Waals surface area (Å²) >= 11 is 6.34. The molecule has 0 aliphatic heterocycles. The minimum atomic E-state index is -2.84. The highest BCUT2D eigenvalue weighted by atomic mass is 35.5. The lowest BCUT2D eigenvalue weighted by Crippen LogP contribution is -2.31. The Hall–Kier alpha value is -2.80. The Labute approximate surface area is 169 Å². The highest BCUT2D eigenvalue weighted by molar-refractivity contribution is 6.31. The van der Waals surface area contributed by atoms with E-state index in [4.69, 9.17) is 17.3 Å². The van der Waals surface area contributed by atoms with Crippen molar-refractivity contribution in [2.24, 2.45) is 5.73 Å². The number of aromatic nitrogens is 2. The monoisotopic (exact) mass is 417 g/mol. The molecule has 1 aliphatic carbocycles. The summed E-state index contributed by atoms with van der Waals surface area (Å²) in [5.41, 5.74) is 6.18. The van der Waals surface area contributed by atoms with Gasteiger partial charge in [-0.15, -0.1) is 0 Å². The number of benzene rings is 1. The summed E-state index contributed by atoms with van der Waals surface area (Å²) in [7, 11) is 0. The molecule has 0 radical (unpaired) electrons. The van der Waals surface area contributed by atoms with Crippen LogP contribution < -0.4 is 11.2 Å². The first-order chi connectivity index (χ1) is 13.8. The van der Waals surface area contributed by atoms with E-state index in [0.717, 1.165) is 5.56 Å². The molecule has 0 spiro atoms. The second-order valence-corrected chi connectivity index (χ2v) is 7.78. The maximum absolute atomic E-state index is 14.3. The van der Waals surface area contributed by atoms with Gasteiger partial charge in [0, 0.05) is 41.7 Å². The van der Waals surface area contributed by atoms with E-state index in [2.05, 4.69) is 9.97 Å². The molecule has 1 unspecified atom stereocenters. The molecule has 3 N–H and O–H groups in total. The van der Waals surface area contributed by atoms with Gasteiger partial charge in [-0.3, -0.25) is 14.6 Å². The molecule has 2 heterocycles. The number of H-pyrrole nitrogens is 1. The van der Waals surface area contributed by atoms with Crippen LogP contribution in [0, 0.1) is 0 Å². The fourth-order valence-corrected chi connectivity index (χ4v) is 4.49. The molecule has 3 aromatic rings. The van der Waals surface area contributed by atoms with Crippen LogP contribution >= 0.6 is 11.6 Å². The lowest BCUT2D eigenvalue weighted by Gasteiger charge is -2.36. The summed E-state index contributed by atoms with van der Waals surface area (Å²) in [5, 5.41) is 0.566. The van der Waals surface area contributed by atoms with Crippen molar-refractivity contribution in [1.82, 2.24) is 9.97 Å². The maximum atomic E-state index is 14.3. The fourth-order valence-electron chi connectivity index (χ4n) is 4.22. The SMILES string of the molecule is NC(=O)c1nccc2[nH]c([C@H]3CC(F)(F)CCC3c3ccccc3Cl)cc(=O)c12. The van der Waals surface area contributed by atoms with Crippen LogP contribution in [0.1, 0.15) is 52.8 Å². The smallest absolute Gasteiger partial charge is 0.268 e. The van der Waals surface area contributed by atoms with Crippen LogP contribution in [0.3, 0.4) is 0 Å². The van der Waals surface area contributed by atoms with Gasteiger partial charge in [-0.25, -0.2) is 8.78 Å². The Morgan fingerprint density at radius 1 is 1.24 bits per heavy atom. The topological polar surface area (TPSA) is 88.8 Å². The van der Waals surface area contributed by atoms with E-state index in [9.17, 15) is 18.4 Å². The van der Waals surface area contributed by atoms with Gasteiger partial charge in [0.25, 0.3) is 5.91 Å². The number of rotatable bonds is 3. The summed E-state index contributed by atoms with van der Waals surface area (Å²) in [4.78, 5) is 31.3. The summed E-state index contributed by atoms with van der Waals surface area (Å²) in [6.07, 6.45) is 0.943. The molecule has 8 heteroatoms. The van der Waals surface area contributed by atoms with Crippen molar-refractivity contribution in [2.75, 3.05) is 0 Å². The minimum absolute atomic E-state index is 0.0561. The van der Waals surface area contributed by atoms with Crippen molar-refractivity contribution < 1.29 is 13.6 Å². The van der Waals surface area contributed by atoms with Crippen molar-refractivity contribution in [1.29, 1.82) is 0 Å². The summed E-state index contributed by atoms with van der Waals surface area (Å²) in [6, 6.07) is 9.96. The zero-order valence-corrected chi connectivity index (χ0v) is 16.0. The van der Waals surface area contributed by atoms with Gasteiger partial charge in [0.05, 0.1) is 10.9 Å². The number of hydrogen-bond donors (Lipinski definition) is 2. The molecule has 2 aromatic heterocycles.